The summed E-state index contributed by atoms with van der Waals surface area (Å²) >= 11 is 1.61. The molecule has 0 saturated carbocycles. The first-order valence-corrected chi connectivity index (χ1v) is 8.75. The van der Waals surface area contributed by atoms with E-state index in [0.29, 0.717) is 22.6 Å². The van der Waals surface area contributed by atoms with Crippen molar-refractivity contribution in [2.75, 3.05) is 22.2 Å². The van der Waals surface area contributed by atoms with Gasteiger partial charge in [0, 0.05) is 41.4 Å². The number of rotatable bonds is 5. The highest BCUT2D eigenvalue weighted by atomic mass is 32.2. The van der Waals surface area contributed by atoms with E-state index in [2.05, 4.69) is 16.0 Å². The first-order valence-electron chi connectivity index (χ1n) is 7.53. The number of benzene rings is 2. The van der Waals surface area contributed by atoms with Gasteiger partial charge >= 0.3 is 0 Å². The van der Waals surface area contributed by atoms with Gasteiger partial charge in [0.05, 0.1) is 0 Å². The average molecular weight is 357 g/mol. The third-order valence-corrected chi connectivity index (χ3v) is 3.93. The van der Waals surface area contributed by atoms with Crippen LogP contribution in [0.4, 0.5) is 17.1 Å². The van der Waals surface area contributed by atoms with Gasteiger partial charge in [-0.2, -0.15) is 0 Å². The number of carbonyl (C=O) groups excluding carboxylic acids is 3. The smallest absolute Gasteiger partial charge is 0.255 e. The van der Waals surface area contributed by atoms with Crippen LogP contribution in [0.25, 0.3) is 0 Å². The Kier molecular flexibility index (Phi) is 6.19. The predicted molar refractivity (Wildman–Crippen MR) is 101 cm³/mol. The number of anilines is 3. The molecular weight excluding hydrogens is 338 g/mol. The van der Waals surface area contributed by atoms with Crippen molar-refractivity contribution < 1.29 is 14.4 Å². The minimum atomic E-state index is -0.337. The fourth-order valence-corrected chi connectivity index (χ4v) is 2.60. The van der Waals surface area contributed by atoms with Gasteiger partial charge in [0.2, 0.25) is 11.8 Å². The Morgan fingerprint density at radius 1 is 0.760 bits per heavy atom. The van der Waals surface area contributed by atoms with Crippen molar-refractivity contribution in [3.8, 4) is 0 Å². The molecule has 2 aromatic carbocycles. The lowest BCUT2D eigenvalue weighted by atomic mass is 10.1. The summed E-state index contributed by atoms with van der Waals surface area (Å²) in [6.45, 7) is 2.75. The van der Waals surface area contributed by atoms with Crippen LogP contribution in [0.3, 0.4) is 0 Å². The molecule has 0 aliphatic rings. The van der Waals surface area contributed by atoms with E-state index in [1.54, 1.807) is 30.0 Å². The molecular formula is C18H19N3O3S. The summed E-state index contributed by atoms with van der Waals surface area (Å²) in [7, 11) is 0. The molecule has 25 heavy (non-hydrogen) atoms. The summed E-state index contributed by atoms with van der Waals surface area (Å²) < 4.78 is 0. The van der Waals surface area contributed by atoms with Crippen molar-refractivity contribution in [3.63, 3.8) is 0 Å². The zero-order valence-electron chi connectivity index (χ0n) is 14.2. The monoisotopic (exact) mass is 357 g/mol. The molecule has 130 valence electrons. The fourth-order valence-electron chi connectivity index (χ4n) is 2.19. The quantitative estimate of drug-likeness (QED) is 0.714. The fraction of sp³-hybridized carbons (Fsp3) is 0.167. The Labute approximate surface area is 150 Å². The van der Waals surface area contributed by atoms with Crippen molar-refractivity contribution in [1.29, 1.82) is 0 Å². The standard InChI is InChI=1S/C18H19N3O3S/c1-11(22)19-15-8-13(9-16(10-15)20-12(2)23)18(24)21-14-4-6-17(25-3)7-5-14/h4-10H,1-3H3,(H,19,22)(H,20,23)(H,21,24). The SMILES string of the molecule is CSc1ccc(NC(=O)c2cc(NC(C)=O)cc(NC(C)=O)c2)cc1. The molecule has 6 nitrogen and oxygen atoms in total. The van der Waals surface area contributed by atoms with Gasteiger partial charge in [-0.1, -0.05) is 0 Å². The Morgan fingerprint density at radius 3 is 1.72 bits per heavy atom. The Morgan fingerprint density at radius 2 is 1.28 bits per heavy atom. The topological polar surface area (TPSA) is 87.3 Å². The van der Waals surface area contributed by atoms with Gasteiger partial charge in [0.1, 0.15) is 0 Å². The van der Waals surface area contributed by atoms with E-state index in [1.807, 2.05) is 30.5 Å². The lowest BCUT2D eigenvalue weighted by molar-refractivity contribution is -0.115. The van der Waals surface area contributed by atoms with E-state index in [0.717, 1.165) is 4.90 Å². The van der Waals surface area contributed by atoms with E-state index >= 15 is 0 Å². The van der Waals surface area contributed by atoms with Gasteiger partial charge in [0.15, 0.2) is 0 Å². The number of thioether (sulfide) groups is 1. The van der Waals surface area contributed by atoms with Crippen molar-refractivity contribution >= 4 is 46.5 Å². The van der Waals surface area contributed by atoms with Crippen molar-refractivity contribution in [3.05, 3.63) is 48.0 Å². The van der Waals surface area contributed by atoms with E-state index in [1.165, 1.54) is 13.8 Å². The van der Waals surface area contributed by atoms with Crippen LogP contribution in [0.1, 0.15) is 24.2 Å². The minimum Gasteiger partial charge on any atom is -0.326 e. The first-order chi connectivity index (χ1) is 11.9. The van der Waals surface area contributed by atoms with E-state index in [-0.39, 0.29) is 17.7 Å². The molecule has 0 spiro atoms. The zero-order chi connectivity index (χ0) is 18.4. The van der Waals surface area contributed by atoms with Crippen LogP contribution >= 0.6 is 11.8 Å². The van der Waals surface area contributed by atoms with Gasteiger partial charge in [-0.25, -0.2) is 0 Å². The van der Waals surface area contributed by atoms with Gasteiger partial charge < -0.3 is 16.0 Å². The molecule has 2 rings (SSSR count). The molecule has 0 bridgehead atoms. The normalized spacial score (nSPS) is 10.0. The summed E-state index contributed by atoms with van der Waals surface area (Å²) in [5, 5.41) is 8.04. The highest BCUT2D eigenvalue weighted by Gasteiger charge is 2.11. The molecule has 0 radical (unpaired) electrons. The number of nitrogens with one attached hydrogen (secondary N) is 3. The van der Waals surface area contributed by atoms with Gasteiger partial charge in [-0.05, 0) is 48.7 Å². The lowest BCUT2D eigenvalue weighted by Crippen LogP contribution is -2.15. The number of hydrogen-bond acceptors (Lipinski definition) is 4. The average Bonchev–Trinajstić information content (AvgIpc) is 2.54. The number of amides is 3. The number of hydrogen-bond donors (Lipinski definition) is 3. The second-order valence-electron chi connectivity index (χ2n) is 5.34. The highest BCUT2D eigenvalue weighted by molar-refractivity contribution is 7.98. The second kappa shape index (κ2) is 8.34. The van der Waals surface area contributed by atoms with Gasteiger partial charge in [-0.15, -0.1) is 11.8 Å². The van der Waals surface area contributed by atoms with E-state index < -0.39 is 0 Å². The maximum absolute atomic E-state index is 12.5. The Hall–Kier alpha value is -2.80. The molecule has 0 saturated heterocycles. The van der Waals surface area contributed by atoms with Crippen molar-refractivity contribution in [2.24, 2.45) is 0 Å². The highest BCUT2D eigenvalue weighted by Crippen LogP contribution is 2.22. The molecule has 3 N–H and O–H groups in total. The summed E-state index contributed by atoms with van der Waals surface area (Å²) in [4.78, 5) is 36.2. The summed E-state index contributed by atoms with van der Waals surface area (Å²) in [5.74, 6) is -0.867. The van der Waals surface area contributed by atoms with Crippen LogP contribution < -0.4 is 16.0 Å². The first kappa shape index (κ1) is 18.5. The molecule has 2 aromatic rings. The molecule has 0 aliphatic carbocycles. The third-order valence-electron chi connectivity index (χ3n) is 3.18. The third kappa shape index (κ3) is 5.65. The van der Waals surface area contributed by atoms with E-state index in [4.69, 9.17) is 0 Å². The molecule has 0 aliphatic heterocycles. The van der Waals surface area contributed by atoms with Crippen LogP contribution in [0, 0.1) is 0 Å². The minimum absolute atomic E-state index is 0.265. The number of carbonyl (C=O) groups is 3. The largest absolute Gasteiger partial charge is 0.326 e. The molecule has 7 heteroatoms. The maximum Gasteiger partial charge on any atom is 0.255 e. The molecule has 0 atom stereocenters. The maximum atomic E-state index is 12.5. The summed E-state index contributed by atoms with van der Waals surface area (Å²) in [5.41, 5.74) is 1.85. The predicted octanol–water partition coefficient (Wildman–Crippen LogP) is 3.58. The molecule has 0 unspecified atom stereocenters. The van der Waals surface area contributed by atoms with Crippen LogP contribution in [0.5, 0.6) is 0 Å². The lowest BCUT2D eigenvalue weighted by Gasteiger charge is -2.11. The van der Waals surface area contributed by atoms with Crippen LogP contribution in [0.2, 0.25) is 0 Å². The summed E-state index contributed by atoms with van der Waals surface area (Å²) in [6.07, 6.45) is 1.98. The molecule has 3 amide bonds. The molecule has 0 fully saturated rings. The van der Waals surface area contributed by atoms with Crippen LogP contribution in [-0.2, 0) is 9.59 Å². The van der Waals surface area contributed by atoms with Gasteiger partial charge in [-0.3, -0.25) is 14.4 Å². The van der Waals surface area contributed by atoms with Crippen molar-refractivity contribution in [2.45, 2.75) is 18.7 Å². The van der Waals surface area contributed by atoms with Gasteiger partial charge in [0.25, 0.3) is 5.91 Å². The molecule has 0 heterocycles. The van der Waals surface area contributed by atoms with E-state index in [9.17, 15) is 14.4 Å². The second-order valence-corrected chi connectivity index (χ2v) is 6.22. The van der Waals surface area contributed by atoms with Crippen molar-refractivity contribution in [1.82, 2.24) is 0 Å². The zero-order valence-corrected chi connectivity index (χ0v) is 15.0. The summed E-state index contributed by atoms with van der Waals surface area (Å²) in [6, 6.07) is 12.2. The Balaban J connectivity index is 2.26. The molecule has 0 aromatic heterocycles. The van der Waals surface area contributed by atoms with Crippen LogP contribution in [0.15, 0.2) is 47.4 Å². The Bertz CT molecular complexity index is 769. The van der Waals surface area contributed by atoms with Crippen LogP contribution in [-0.4, -0.2) is 24.0 Å².